The van der Waals surface area contributed by atoms with Crippen molar-refractivity contribution >= 4 is 17.7 Å². The Bertz CT molecular complexity index is 1310. The Labute approximate surface area is 241 Å². The van der Waals surface area contributed by atoms with Gasteiger partial charge in [-0.1, -0.05) is 33.8 Å². The number of likely N-dealkylation sites (N-methyl/N-ethyl adjacent to an activating group) is 1. The molecule has 1 aromatic rings. The van der Waals surface area contributed by atoms with Crippen LogP contribution in [0.4, 0.5) is 0 Å². The van der Waals surface area contributed by atoms with Gasteiger partial charge in [0.15, 0.2) is 0 Å². The van der Waals surface area contributed by atoms with Crippen LogP contribution in [0.1, 0.15) is 83.0 Å². The van der Waals surface area contributed by atoms with E-state index >= 15 is 0 Å². The van der Waals surface area contributed by atoms with Crippen LogP contribution in [0.15, 0.2) is 29.7 Å². The fourth-order valence-corrected chi connectivity index (χ4v) is 8.68. The van der Waals surface area contributed by atoms with Gasteiger partial charge in [0.2, 0.25) is 0 Å². The molecule has 2 heterocycles. The highest BCUT2D eigenvalue weighted by Gasteiger charge is 2.68. The fourth-order valence-electron chi connectivity index (χ4n) is 8.68. The molecule has 3 saturated carbocycles. The van der Waals surface area contributed by atoms with Gasteiger partial charge in [-0.25, -0.2) is 9.80 Å². The van der Waals surface area contributed by atoms with Crippen molar-refractivity contribution in [3.05, 3.63) is 40.8 Å². The smallest absolute Gasteiger partial charge is 0.344 e. The molecule has 2 bridgehead atoms. The molecule has 224 valence electrons. The molecule has 0 radical (unpaired) electrons. The van der Waals surface area contributed by atoms with Gasteiger partial charge in [-0.05, 0) is 68.4 Å². The summed E-state index contributed by atoms with van der Waals surface area (Å²) < 4.78 is 6.28. The third-order valence-electron chi connectivity index (χ3n) is 11.6. The zero-order valence-electron chi connectivity index (χ0n) is 24.9. The number of aliphatic hydroxyl groups is 1. The molecule has 5 rings (SSSR count). The second-order valence-corrected chi connectivity index (χ2v) is 13.4. The summed E-state index contributed by atoms with van der Waals surface area (Å²) in [5.74, 6) is -1.43. The summed E-state index contributed by atoms with van der Waals surface area (Å²) in [5.41, 5.74) is -2.89. The quantitative estimate of drug-likeness (QED) is 0.410. The number of nitrogens with zero attached hydrogens (tertiary/aromatic N) is 3. The van der Waals surface area contributed by atoms with Crippen molar-refractivity contribution in [2.24, 2.45) is 34.0 Å². The Hall–Kier alpha value is -2.85. The summed E-state index contributed by atoms with van der Waals surface area (Å²) in [4.78, 5) is 54.7. The van der Waals surface area contributed by atoms with E-state index in [4.69, 9.17) is 4.74 Å². The van der Waals surface area contributed by atoms with E-state index in [1.165, 1.54) is 19.3 Å². The van der Waals surface area contributed by atoms with Gasteiger partial charge in [-0.15, -0.1) is 11.4 Å². The summed E-state index contributed by atoms with van der Waals surface area (Å²) >= 11 is 0. The summed E-state index contributed by atoms with van der Waals surface area (Å²) in [6, 6.07) is 0.888. The first-order valence-electron chi connectivity index (χ1n) is 15.0. The van der Waals surface area contributed by atoms with E-state index in [9.17, 15) is 24.3 Å². The molecule has 10 nitrogen and oxygen atoms in total. The van der Waals surface area contributed by atoms with Crippen LogP contribution in [0.5, 0.6) is 0 Å². The molecule has 1 aliphatic heterocycles. The highest BCUT2D eigenvalue weighted by molar-refractivity contribution is 5.91. The number of aliphatic hydroxyl groups excluding tert-OH is 1. The molecular formula is C31H44N4O6. The van der Waals surface area contributed by atoms with E-state index < -0.39 is 46.0 Å². The molecule has 9 atom stereocenters. The minimum Gasteiger partial charge on any atom is -0.458 e. The molecular weight excluding hydrogens is 524 g/mol. The normalized spacial score (nSPS) is 40.3. The number of hydrogen-bond donors (Lipinski definition) is 2. The Morgan fingerprint density at radius 1 is 1.24 bits per heavy atom. The average molecular weight is 569 g/mol. The fraction of sp³-hybridized carbons (Fsp3) is 0.710. The maximum absolute atomic E-state index is 13.8. The van der Waals surface area contributed by atoms with Crippen LogP contribution >= 0.6 is 0 Å². The molecule has 1 saturated heterocycles. The van der Waals surface area contributed by atoms with Gasteiger partial charge in [0.1, 0.15) is 17.5 Å². The number of esters is 1. The van der Waals surface area contributed by atoms with Crippen LogP contribution in [0.3, 0.4) is 0 Å². The van der Waals surface area contributed by atoms with E-state index in [2.05, 4.69) is 37.8 Å². The first-order valence-corrected chi connectivity index (χ1v) is 15.0. The van der Waals surface area contributed by atoms with E-state index in [1.54, 1.807) is 6.08 Å². The molecule has 2 N–H and O–H groups in total. The minimum atomic E-state index is -0.833. The zero-order chi connectivity index (χ0) is 29.9. The number of amides is 1. The Balaban J connectivity index is 1.53. The van der Waals surface area contributed by atoms with Crippen LogP contribution in [0.2, 0.25) is 0 Å². The number of ether oxygens (including phenoxy) is 1. The van der Waals surface area contributed by atoms with Crippen LogP contribution in [0, 0.1) is 34.0 Å². The molecule has 3 aliphatic carbocycles. The number of Topliss-reactive ketones (excluding diaryl/α,β-unsaturated/α-hetero) is 1. The van der Waals surface area contributed by atoms with Gasteiger partial charge in [0, 0.05) is 30.2 Å². The number of rotatable bonds is 5. The molecule has 1 amide bonds. The minimum absolute atomic E-state index is 0.0637. The van der Waals surface area contributed by atoms with Crippen LogP contribution < -0.4 is 15.9 Å². The van der Waals surface area contributed by atoms with Crippen molar-refractivity contribution in [1.29, 1.82) is 0 Å². The van der Waals surface area contributed by atoms with Gasteiger partial charge in [-0.3, -0.25) is 14.4 Å². The Kier molecular flexibility index (Phi) is 7.56. The second kappa shape index (κ2) is 10.5. The molecule has 1 aromatic heterocycles. The third kappa shape index (κ3) is 4.40. The van der Waals surface area contributed by atoms with E-state index in [0.717, 1.165) is 35.6 Å². The number of carbonyl (C=O) groups is 3. The summed E-state index contributed by atoms with van der Waals surface area (Å²) in [5, 5.41) is 20.0. The van der Waals surface area contributed by atoms with E-state index in [-0.39, 0.29) is 41.4 Å². The lowest BCUT2D eigenvalue weighted by Gasteiger charge is -2.61. The predicted molar refractivity (Wildman–Crippen MR) is 153 cm³/mol. The van der Waals surface area contributed by atoms with Gasteiger partial charge >= 0.3 is 11.5 Å². The number of aromatic nitrogens is 2. The topological polar surface area (TPSA) is 131 Å². The molecule has 0 spiro atoms. The van der Waals surface area contributed by atoms with Crippen LogP contribution in [-0.4, -0.2) is 64.5 Å². The van der Waals surface area contributed by atoms with Crippen molar-refractivity contribution < 1.29 is 24.2 Å². The monoisotopic (exact) mass is 568 g/mol. The average Bonchev–Trinajstić information content (AvgIpc) is 3.62. The highest BCUT2D eigenvalue weighted by Crippen LogP contribution is 2.68. The lowest BCUT2D eigenvalue weighted by Crippen LogP contribution is -2.63. The van der Waals surface area contributed by atoms with Crippen molar-refractivity contribution in [3.8, 4) is 0 Å². The number of nitrogens with one attached hydrogen (secondary N) is 1. The first kappa shape index (κ1) is 29.6. The molecule has 4 fully saturated rings. The molecule has 41 heavy (non-hydrogen) atoms. The summed E-state index contributed by atoms with van der Waals surface area (Å²) in [6.45, 7) is 12.9. The van der Waals surface area contributed by atoms with Gasteiger partial charge < -0.3 is 15.2 Å². The summed E-state index contributed by atoms with van der Waals surface area (Å²) in [6.07, 6.45) is 6.11. The highest BCUT2D eigenvalue weighted by atomic mass is 16.5. The Morgan fingerprint density at radius 3 is 2.63 bits per heavy atom. The third-order valence-corrected chi connectivity index (χ3v) is 11.6. The van der Waals surface area contributed by atoms with Crippen molar-refractivity contribution in [2.75, 3.05) is 18.6 Å². The first-order chi connectivity index (χ1) is 19.3. The second-order valence-electron chi connectivity index (χ2n) is 13.4. The molecule has 4 aliphatic rings. The van der Waals surface area contributed by atoms with Crippen LogP contribution in [0.25, 0.3) is 0 Å². The van der Waals surface area contributed by atoms with E-state index in [0.29, 0.717) is 19.3 Å². The maximum Gasteiger partial charge on any atom is 0.344 e. The number of carbonyl (C=O) groups excluding carboxylic acids is 3. The van der Waals surface area contributed by atoms with E-state index in [1.807, 2.05) is 6.92 Å². The molecule has 10 heteroatoms. The maximum atomic E-state index is 13.8. The van der Waals surface area contributed by atoms with Gasteiger partial charge in [0.05, 0.1) is 18.3 Å². The SMILES string of the molecule is C=C[C@]1(C)C[C@@H](OC(=O)c2ccnn(N(C)C(=O)[C@@H]3CCCN3)c2=O)[C@]2(C)C(C)CC[C@]3(CCC(=O)C32)[C@@H](C)[C@@H]1O. The largest absolute Gasteiger partial charge is 0.458 e. The predicted octanol–water partition coefficient (Wildman–Crippen LogP) is 2.61. The van der Waals surface area contributed by atoms with Crippen molar-refractivity contribution in [3.63, 3.8) is 0 Å². The van der Waals surface area contributed by atoms with Crippen molar-refractivity contribution in [1.82, 2.24) is 15.2 Å². The lowest BCUT2D eigenvalue weighted by atomic mass is 9.44. The number of ketones is 1. The van der Waals surface area contributed by atoms with Crippen molar-refractivity contribution in [2.45, 2.75) is 90.9 Å². The zero-order valence-corrected chi connectivity index (χ0v) is 24.9. The molecule has 2 unspecified atom stereocenters. The van der Waals surface area contributed by atoms with Gasteiger partial charge in [0.25, 0.3) is 5.91 Å². The molecule has 0 aromatic carbocycles. The Morgan fingerprint density at radius 2 is 1.98 bits per heavy atom. The van der Waals surface area contributed by atoms with Gasteiger partial charge in [-0.2, -0.15) is 5.10 Å². The lowest BCUT2D eigenvalue weighted by molar-refractivity contribution is -0.192. The summed E-state index contributed by atoms with van der Waals surface area (Å²) in [7, 11) is 1.45. The standard InChI is InChI=1S/C31H44N4O6/c1-7-29(4)17-23(30(5)18(2)10-13-31(19(3)25(29)37)14-11-22(36)24(30)31)41-28(40)20-12-16-33-35(26(20)38)34(6)27(39)21-9-8-15-32-21/h7,12,16,18-19,21,23-25,32,37H,1,8-11,13-15,17H2,2-6H3/t18?,19-,21-,23+,24?,25-,29+,30-,31-/m0/s1. The number of hydrogen-bond acceptors (Lipinski definition) is 8. The van der Waals surface area contributed by atoms with Crippen LogP contribution in [-0.2, 0) is 14.3 Å².